The van der Waals surface area contributed by atoms with Crippen LogP contribution in [0.1, 0.15) is 20.8 Å². The zero-order valence-electron chi connectivity index (χ0n) is 9.80. The zero-order valence-corrected chi connectivity index (χ0v) is 10.6. The molecule has 0 bridgehead atoms. The quantitative estimate of drug-likeness (QED) is 0.855. The van der Waals surface area contributed by atoms with E-state index in [0.717, 1.165) is 13.0 Å². The summed E-state index contributed by atoms with van der Waals surface area (Å²) < 4.78 is 0. The predicted molar refractivity (Wildman–Crippen MR) is 70.9 cm³/mol. The fourth-order valence-corrected chi connectivity index (χ4v) is 3.14. The topological polar surface area (TPSA) is 40.5 Å². The van der Waals surface area contributed by atoms with Gasteiger partial charge >= 0.3 is 0 Å². The average Bonchev–Trinajstić information content (AvgIpc) is 2.85. The molecule has 0 atom stereocenters. The number of hydrogen-bond acceptors (Lipinski definition) is 3. The molecular formula is C14H13NO2S. The number of fused-ring (bicyclic) bond motifs is 1. The van der Waals surface area contributed by atoms with Crippen molar-refractivity contribution in [2.45, 2.75) is 13.0 Å². The molecule has 1 N–H and O–H groups in total. The number of nitrogens with zero attached hydrogens (tertiary/aromatic N) is 1. The van der Waals surface area contributed by atoms with Gasteiger partial charge in [-0.15, -0.1) is 11.3 Å². The van der Waals surface area contributed by atoms with Gasteiger partial charge in [0.15, 0.2) is 0 Å². The summed E-state index contributed by atoms with van der Waals surface area (Å²) in [7, 11) is 0. The maximum Gasteiger partial charge on any atom is 0.257 e. The highest BCUT2D eigenvalue weighted by Crippen LogP contribution is 2.26. The molecule has 0 unspecified atom stereocenters. The van der Waals surface area contributed by atoms with Crippen LogP contribution in [0.2, 0.25) is 0 Å². The molecule has 4 heteroatoms. The molecule has 18 heavy (non-hydrogen) atoms. The summed E-state index contributed by atoms with van der Waals surface area (Å²) in [6.45, 7) is 1.37. The van der Waals surface area contributed by atoms with Gasteiger partial charge in [0, 0.05) is 18.0 Å². The Bertz CT molecular complexity index is 591. The highest BCUT2D eigenvalue weighted by atomic mass is 32.1. The van der Waals surface area contributed by atoms with E-state index in [1.807, 2.05) is 0 Å². The van der Waals surface area contributed by atoms with Crippen LogP contribution in [0.3, 0.4) is 0 Å². The van der Waals surface area contributed by atoms with Gasteiger partial charge in [0.05, 0.1) is 5.56 Å². The van der Waals surface area contributed by atoms with Crippen molar-refractivity contribution in [3.8, 4) is 5.75 Å². The number of rotatable bonds is 1. The van der Waals surface area contributed by atoms with Gasteiger partial charge < -0.3 is 10.0 Å². The van der Waals surface area contributed by atoms with E-state index in [2.05, 4.69) is 11.4 Å². The van der Waals surface area contributed by atoms with Crippen molar-refractivity contribution in [2.75, 3.05) is 6.54 Å². The lowest BCUT2D eigenvalue weighted by molar-refractivity contribution is 0.0733. The van der Waals surface area contributed by atoms with Crippen LogP contribution in [0.25, 0.3) is 0 Å². The summed E-state index contributed by atoms with van der Waals surface area (Å²) in [6, 6.07) is 8.78. The van der Waals surface area contributed by atoms with Gasteiger partial charge in [0.1, 0.15) is 5.75 Å². The predicted octanol–water partition coefficient (Wildman–Crippen LogP) is 2.65. The van der Waals surface area contributed by atoms with E-state index in [-0.39, 0.29) is 11.7 Å². The van der Waals surface area contributed by atoms with Crippen LogP contribution in [0.15, 0.2) is 35.7 Å². The Morgan fingerprint density at radius 1 is 1.28 bits per heavy atom. The highest BCUT2D eigenvalue weighted by molar-refractivity contribution is 7.10. The van der Waals surface area contributed by atoms with Crippen LogP contribution < -0.4 is 0 Å². The first-order chi connectivity index (χ1) is 8.75. The maximum atomic E-state index is 12.3. The number of hydrogen-bond donors (Lipinski definition) is 1. The van der Waals surface area contributed by atoms with E-state index in [9.17, 15) is 9.90 Å². The minimum absolute atomic E-state index is 0.0543. The molecule has 1 aromatic heterocycles. The van der Waals surface area contributed by atoms with Gasteiger partial charge in [-0.05, 0) is 35.6 Å². The third-order valence-corrected chi connectivity index (χ3v) is 4.25. The maximum absolute atomic E-state index is 12.3. The molecule has 3 rings (SSSR count). The first-order valence-corrected chi connectivity index (χ1v) is 6.76. The van der Waals surface area contributed by atoms with Gasteiger partial charge in [-0.1, -0.05) is 12.1 Å². The van der Waals surface area contributed by atoms with E-state index >= 15 is 0 Å². The molecule has 3 nitrogen and oxygen atoms in total. The summed E-state index contributed by atoms with van der Waals surface area (Å²) in [4.78, 5) is 15.5. The second-order valence-corrected chi connectivity index (χ2v) is 5.36. The van der Waals surface area contributed by atoms with E-state index < -0.39 is 0 Å². The molecule has 1 aliphatic heterocycles. The molecule has 1 aliphatic rings. The fourth-order valence-electron chi connectivity index (χ4n) is 2.25. The van der Waals surface area contributed by atoms with Gasteiger partial charge in [-0.3, -0.25) is 4.79 Å². The minimum Gasteiger partial charge on any atom is -0.507 e. The van der Waals surface area contributed by atoms with Gasteiger partial charge in [-0.25, -0.2) is 0 Å². The lowest BCUT2D eigenvalue weighted by atomic mass is 10.1. The summed E-state index contributed by atoms with van der Waals surface area (Å²) in [5, 5.41) is 11.8. The summed E-state index contributed by atoms with van der Waals surface area (Å²) >= 11 is 1.75. The van der Waals surface area contributed by atoms with E-state index in [0.29, 0.717) is 12.1 Å². The molecule has 0 radical (unpaired) electrons. The van der Waals surface area contributed by atoms with Crippen molar-refractivity contribution in [1.82, 2.24) is 4.90 Å². The van der Waals surface area contributed by atoms with Crippen LogP contribution in [0.4, 0.5) is 0 Å². The monoisotopic (exact) mass is 259 g/mol. The van der Waals surface area contributed by atoms with E-state index in [1.54, 1.807) is 40.5 Å². The first-order valence-electron chi connectivity index (χ1n) is 5.88. The zero-order chi connectivity index (χ0) is 12.5. The van der Waals surface area contributed by atoms with E-state index in [1.165, 1.54) is 10.4 Å². The molecule has 2 heterocycles. The highest BCUT2D eigenvalue weighted by Gasteiger charge is 2.23. The number of carbonyl (C=O) groups is 1. The van der Waals surface area contributed by atoms with Crippen molar-refractivity contribution in [1.29, 1.82) is 0 Å². The smallest absolute Gasteiger partial charge is 0.257 e. The molecule has 0 saturated carbocycles. The molecule has 0 spiro atoms. The second-order valence-electron chi connectivity index (χ2n) is 4.36. The van der Waals surface area contributed by atoms with Crippen molar-refractivity contribution in [3.05, 3.63) is 51.7 Å². The van der Waals surface area contributed by atoms with Crippen molar-refractivity contribution >= 4 is 17.2 Å². The number of phenolic OH excluding ortho intramolecular Hbond substituents is 1. The normalized spacial score (nSPS) is 14.3. The number of amides is 1. The number of phenols is 1. The Morgan fingerprint density at radius 2 is 2.11 bits per heavy atom. The van der Waals surface area contributed by atoms with Crippen LogP contribution >= 0.6 is 11.3 Å². The molecule has 0 fully saturated rings. The largest absolute Gasteiger partial charge is 0.507 e. The summed E-state index contributed by atoms with van der Waals surface area (Å²) in [5.74, 6) is -0.0384. The summed E-state index contributed by atoms with van der Waals surface area (Å²) in [6.07, 6.45) is 0.909. The van der Waals surface area contributed by atoms with Gasteiger partial charge in [-0.2, -0.15) is 0 Å². The second kappa shape index (κ2) is 4.46. The van der Waals surface area contributed by atoms with Crippen molar-refractivity contribution < 1.29 is 9.90 Å². The van der Waals surface area contributed by atoms with Crippen LogP contribution in [-0.4, -0.2) is 22.5 Å². The molecule has 1 aromatic carbocycles. The van der Waals surface area contributed by atoms with Gasteiger partial charge in [0.25, 0.3) is 5.91 Å². The standard InChI is InChI=1S/C14H13NO2S/c16-12-4-2-1-3-11(12)14(17)15-7-5-13-10(9-15)6-8-18-13/h1-4,6,8,16H,5,7,9H2. The number of carbonyl (C=O) groups excluding carboxylic acids is 1. The lowest BCUT2D eigenvalue weighted by Gasteiger charge is -2.27. The number of benzene rings is 1. The molecule has 92 valence electrons. The Kier molecular flexibility index (Phi) is 2.80. The summed E-state index contributed by atoms with van der Waals surface area (Å²) in [5.41, 5.74) is 1.62. The number of thiophene rings is 1. The molecule has 0 saturated heterocycles. The first kappa shape index (κ1) is 11.3. The van der Waals surface area contributed by atoms with E-state index in [4.69, 9.17) is 0 Å². The van der Waals surface area contributed by atoms with Crippen LogP contribution in [0.5, 0.6) is 5.75 Å². The molecule has 0 aliphatic carbocycles. The van der Waals surface area contributed by atoms with Crippen LogP contribution in [0, 0.1) is 0 Å². The Morgan fingerprint density at radius 3 is 2.94 bits per heavy atom. The molecule has 2 aromatic rings. The van der Waals surface area contributed by atoms with Crippen molar-refractivity contribution in [3.63, 3.8) is 0 Å². The SMILES string of the molecule is O=C(c1ccccc1O)N1CCc2sccc2C1. The molecular weight excluding hydrogens is 246 g/mol. The fraction of sp³-hybridized carbons (Fsp3) is 0.214. The Balaban J connectivity index is 1.85. The Hall–Kier alpha value is -1.81. The third kappa shape index (κ3) is 1.88. The van der Waals surface area contributed by atoms with Crippen LogP contribution in [-0.2, 0) is 13.0 Å². The van der Waals surface area contributed by atoms with Gasteiger partial charge in [0.2, 0.25) is 0 Å². The average molecular weight is 259 g/mol. The number of aromatic hydroxyl groups is 1. The van der Waals surface area contributed by atoms with Crippen molar-refractivity contribution in [2.24, 2.45) is 0 Å². The molecule has 1 amide bonds. The Labute approximate surface area is 109 Å². The number of para-hydroxylation sites is 1. The minimum atomic E-state index is -0.0926. The lowest BCUT2D eigenvalue weighted by Crippen LogP contribution is -2.35. The third-order valence-electron chi connectivity index (χ3n) is 3.23.